The molecular weight excluding hydrogens is 136 g/mol. The van der Waals surface area contributed by atoms with Crippen molar-refractivity contribution in [3.05, 3.63) is 24.3 Å². The zero-order chi connectivity index (χ0) is 7.82. The van der Waals surface area contributed by atoms with Crippen LogP contribution in [0.3, 0.4) is 0 Å². The first-order chi connectivity index (χ1) is 4.77. The first kappa shape index (κ1) is 8.87. The maximum Gasteiger partial charge on any atom is 0.328 e. The summed E-state index contributed by atoms with van der Waals surface area (Å²) < 4.78 is 0. The van der Waals surface area contributed by atoms with Crippen molar-refractivity contribution in [3.63, 3.8) is 0 Å². The Morgan fingerprint density at radius 1 is 1.50 bits per heavy atom. The van der Waals surface area contributed by atoms with E-state index < -0.39 is 5.97 Å². The number of carboxylic acids is 1. The molecule has 0 saturated carbocycles. The average molecular weight is 144 g/mol. The second-order valence-corrected chi connectivity index (χ2v) is 1.42. The highest BCUT2D eigenvalue weighted by molar-refractivity contribution is 5.80. The Morgan fingerprint density at radius 2 is 2.20 bits per heavy atom. The van der Waals surface area contributed by atoms with Gasteiger partial charge in [-0.3, -0.25) is 5.26 Å². The SMILES string of the molecule is O=C(O)/C=C/C=C/COO. The molecule has 0 spiro atoms. The van der Waals surface area contributed by atoms with Gasteiger partial charge >= 0.3 is 5.97 Å². The summed E-state index contributed by atoms with van der Waals surface area (Å²) in [4.78, 5) is 13.5. The minimum atomic E-state index is -1.01. The standard InChI is InChI=1S/C6H8O4/c7-6(8)4-2-1-3-5-10-9/h1-4,9H,5H2,(H,7,8)/b3-1+,4-2+. The molecule has 4 heteroatoms. The molecule has 0 amide bonds. The van der Waals surface area contributed by atoms with E-state index in [4.69, 9.17) is 10.4 Å². The summed E-state index contributed by atoms with van der Waals surface area (Å²) in [5.74, 6) is -1.01. The number of carboxylic acid groups (broad SMARTS) is 1. The Balaban J connectivity index is 3.42. The summed E-state index contributed by atoms with van der Waals surface area (Å²) >= 11 is 0. The van der Waals surface area contributed by atoms with Crippen LogP contribution in [-0.2, 0) is 9.68 Å². The molecule has 0 aliphatic carbocycles. The summed E-state index contributed by atoms with van der Waals surface area (Å²) in [6.45, 7) is 0.0595. The van der Waals surface area contributed by atoms with Crippen LogP contribution in [0.2, 0.25) is 0 Å². The molecule has 0 aliphatic rings. The molecule has 10 heavy (non-hydrogen) atoms. The molecule has 0 aromatic rings. The quantitative estimate of drug-likeness (QED) is 0.263. The van der Waals surface area contributed by atoms with Gasteiger partial charge in [0.1, 0.15) is 6.61 Å². The summed E-state index contributed by atoms with van der Waals surface area (Å²) in [5.41, 5.74) is 0. The summed E-state index contributed by atoms with van der Waals surface area (Å²) in [5, 5.41) is 15.9. The van der Waals surface area contributed by atoms with Gasteiger partial charge in [0, 0.05) is 6.08 Å². The fourth-order valence-electron chi connectivity index (χ4n) is 0.315. The Kier molecular flexibility index (Phi) is 5.32. The Labute approximate surface area is 58.0 Å². The second kappa shape index (κ2) is 6.00. The lowest BCUT2D eigenvalue weighted by molar-refractivity contribution is -0.231. The molecule has 0 radical (unpaired) electrons. The van der Waals surface area contributed by atoms with Crippen LogP contribution in [0.4, 0.5) is 0 Å². The minimum absolute atomic E-state index is 0.0595. The van der Waals surface area contributed by atoms with Crippen LogP contribution < -0.4 is 0 Å². The van der Waals surface area contributed by atoms with Crippen LogP contribution in [0.5, 0.6) is 0 Å². The molecule has 0 unspecified atom stereocenters. The van der Waals surface area contributed by atoms with Gasteiger partial charge in [-0.2, -0.15) is 0 Å². The Morgan fingerprint density at radius 3 is 2.70 bits per heavy atom. The van der Waals surface area contributed by atoms with Gasteiger partial charge in [0.2, 0.25) is 0 Å². The molecule has 56 valence electrons. The Bertz CT molecular complexity index is 148. The Hall–Kier alpha value is -1.13. The van der Waals surface area contributed by atoms with Gasteiger partial charge in [0.15, 0.2) is 0 Å². The van der Waals surface area contributed by atoms with Gasteiger partial charge in [-0.15, -0.1) is 0 Å². The van der Waals surface area contributed by atoms with Crippen molar-refractivity contribution in [2.45, 2.75) is 0 Å². The van der Waals surface area contributed by atoms with E-state index in [9.17, 15) is 4.79 Å². The van der Waals surface area contributed by atoms with E-state index in [-0.39, 0.29) is 6.61 Å². The van der Waals surface area contributed by atoms with Crippen molar-refractivity contribution < 1.29 is 20.0 Å². The zero-order valence-corrected chi connectivity index (χ0v) is 5.23. The molecule has 0 atom stereocenters. The van der Waals surface area contributed by atoms with Gasteiger partial charge < -0.3 is 5.11 Å². The van der Waals surface area contributed by atoms with E-state index in [1.54, 1.807) is 0 Å². The molecule has 0 aromatic heterocycles. The third-order valence-electron chi connectivity index (χ3n) is 0.657. The maximum atomic E-state index is 9.83. The van der Waals surface area contributed by atoms with Crippen LogP contribution in [0, 0.1) is 0 Å². The summed E-state index contributed by atoms with van der Waals surface area (Å²) in [6, 6.07) is 0. The highest BCUT2D eigenvalue weighted by atomic mass is 17.1. The summed E-state index contributed by atoms with van der Waals surface area (Å²) in [6.07, 6.45) is 5.25. The van der Waals surface area contributed by atoms with E-state index in [0.717, 1.165) is 6.08 Å². The van der Waals surface area contributed by atoms with Crippen molar-refractivity contribution in [2.24, 2.45) is 0 Å². The highest BCUT2D eigenvalue weighted by Crippen LogP contribution is 1.77. The van der Waals surface area contributed by atoms with Gasteiger partial charge in [-0.05, 0) is 0 Å². The van der Waals surface area contributed by atoms with E-state index in [0.29, 0.717) is 0 Å². The van der Waals surface area contributed by atoms with Gasteiger partial charge in [0.05, 0.1) is 0 Å². The van der Waals surface area contributed by atoms with Crippen LogP contribution >= 0.6 is 0 Å². The van der Waals surface area contributed by atoms with Gasteiger partial charge in [-0.1, -0.05) is 18.2 Å². The first-order valence-electron chi connectivity index (χ1n) is 2.60. The fraction of sp³-hybridized carbons (Fsp3) is 0.167. The lowest BCUT2D eigenvalue weighted by atomic mass is 10.4. The summed E-state index contributed by atoms with van der Waals surface area (Å²) in [7, 11) is 0. The molecule has 4 nitrogen and oxygen atoms in total. The third-order valence-corrected chi connectivity index (χ3v) is 0.657. The van der Waals surface area contributed by atoms with Crippen molar-refractivity contribution >= 4 is 5.97 Å². The van der Waals surface area contributed by atoms with Crippen molar-refractivity contribution in [3.8, 4) is 0 Å². The van der Waals surface area contributed by atoms with E-state index in [1.165, 1.54) is 18.2 Å². The topological polar surface area (TPSA) is 66.8 Å². The average Bonchev–Trinajstić information content (AvgIpc) is 1.87. The van der Waals surface area contributed by atoms with Crippen LogP contribution in [-0.4, -0.2) is 22.9 Å². The lowest BCUT2D eigenvalue weighted by Gasteiger charge is -1.81. The van der Waals surface area contributed by atoms with Crippen LogP contribution in [0.25, 0.3) is 0 Å². The van der Waals surface area contributed by atoms with Crippen molar-refractivity contribution in [1.29, 1.82) is 0 Å². The molecule has 2 N–H and O–H groups in total. The molecule has 0 aromatic carbocycles. The number of hydrogen-bond acceptors (Lipinski definition) is 3. The molecule has 0 heterocycles. The van der Waals surface area contributed by atoms with E-state index >= 15 is 0 Å². The fourth-order valence-corrected chi connectivity index (χ4v) is 0.315. The predicted molar refractivity (Wildman–Crippen MR) is 34.5 cm³/mol. The van der Waals surface area contributed by atoms with Gasteiger partial charge in [-0.25, -0.2) is 9.68 Å². The molecule has 0 rings (SSSR count). The number of carbonyl (C=O) groups is 1. The maximum absolute atomic E-state index is 9.83. The van der Waals surface area contributed by atoms with Crippen LogP contribution in [0.1, 0.15) is 0 Å². The normalized spacial score (nSPS) is 11.3. The van der Waals surface area contributed by atoms with Crippen molar-refractivity contribution in [1.82, 2.24) is 0 Å². The number of hydrogen-bond donors (Lipinski definition) is 2. The molecular formula is C6H8O4. The molecule has 0 bridgehead atoms. The smallest absolute Gasteiger partial charge is 0.328 e. The van der Waals surface area contributed by atoms with Crippen molar-refractivity contribution in [2.75, 3.05) is 6.61 Å². The number of aliphatic carboxylic acids is 1. The molecule has 0 aliphatic heterocycles. The number of rotatable bonds is 4. The molecule has 0 fully saturated rings. The largest absolute Gasteiger partial charge is 0.478 e. The number of allylic oxidation sites excluding steroid dienone is 2. The van der Waals surface area contributed by atoms with Crippen LogP contribution in [0.15, 0.2) is 24.3 Å². The second-order valence-electron chi connectivity index (χ2n) is 1.42. The monoisotopic (exact) mass is 144 g/mol. The van der Waals surface area contributed by atoms with E-state index in [1.807, 2.05) is 0 Å². The third kappa shape index (κ3) is 6.87. The minimum Gasteiger partial charge on any atom is -0.478 e. The highest BCUT2D eigenvalue weighted by Gasteiger charge is 1.79. The van der Waals surface area contributed by atoms with Gasteiger partial charge in [0.25, 0.3) is 0 Å². The predicted octanol–water partition coefficient (Wildman–Crippen LogP) is 0.673. The first-order valence-corrected chi connectivity index (χ1v) is 2.60. The van der Waals surface area contributed by atoms with E-state index in [2.05, 4.69) is 4.89 Å². The zero-order valence-electron chi connectivity index (χ0n) is 5.23. The molecule has 0 saturated heterocycles. The lowest BCUT2D eigenvalue weighted by Crippen LogP contribution is -1.84.